The number of aromatic amines is 1. The first-order valence-electron chi connectivity index (χ1n) is 8.06. The van der Waals surface area contributed by atoms with Crippen molar-refractivity contribution in [3.63, 3.8) is 0 Å². The van der Waals surface area contributed by atoms with Gasteiger partial charge in [-0.3, -0.25) is 10.1 Å². The fourth-order valence-corrected chi connectivity index (χ4v) is 3.16. The molecule has 0 amide bonds. The van der Waals surface area contributed by atoms with Gasteiger partial charge in [0.05, 0.1) is 10.5 Å². The molecule has 23 heavy (non-hydrogen) atoms. The highest BCUT2D eigenvalue weighted by Crippen LogP contribution is 2.11. The molecule has 0 aliphatic carbocycles. The summed E-state index contributed by atoms with van der Waals surface area (Å²) in [5.74, 6) is 0. The average Bonchev–Trinajstić information content (AvgIpc) is 2.58. The Kier molecular flexibility index (Phi) is 4.95. The van der Waals surface area contributed by atoms with E-state index >= 15 is 0 Å². The molecule has 2 heterocycles. The molecule has 1 fully saturated rings. The van der Waals surface area contributed by atoms with Crippen LogP contribution in [0.2, 0.25) is 0 Å². The number of nitrogens with one attached hydrogen (secondary N) is 3. The fourth-order valence-electron chi connectivity index (χ4n) is 3.16. The molecule has 3 rings (SSSR count). The second-order valence-corrected chi connectivity index (χ2v) is 6.19. The number of benzene rings is 1. The van der Waals surface area contributed by atoms with E-state index in [0.717, 1.165) is 39.3 Å². The second kappa shape index (κ2) is 7.30. The van der Waals surface area contributed by atoms with Crippen LogP contribution < -0.4 is 14.8 Å². The second-order valence-electron chi connectivity index (χ2n) is 6.19. The topological polar surface area (TPSA) is 66.2 Å². The molecule has 3 N–H and O–H groups in total. The highest BCUT2D eigenvalue weighted by molar-refractivity contribution is 5.32. The van der Waals surface area contributed by atoms with Crippen LogP contribution in [0.3, 0.4) is 0 Å². The number of pyridine rings is 1. The predicted octanol–water partition coefficient (Wildman–Crippen LogP) is -1.11. The van der Waals surface area contributed by atoms with Gasteiger partial charge in [0, 0.05) is 23.8 Å². The molecular formula is C17H23N4O2+3. The molecule has 1 aromatic heterocycles. The van der Waals surface area contributed by atoms with Gasteiger partial charge in [-0.25, -0.2) is 4.98 Å². The van der Waals surface area contributed by atoms with Gasteiger partial charge in [0.15, 0.2) is 12.4 Å². The zero-order valence-corrected chi connectivity index (χ0v) is 13.1. The summed E-state index contributed by atoms with van der Waals surface area (Å²) in [5, 5.41) is 10.7. The highest BCUT2D eigenvalue weighted by atomic mass is 16.6. The number of aromatic nitrogens is 1. The van der Waals surface area contributed by atoms with E-state index in [2.05, 4.69) is 17.2 Å². The standard InChI is InChI=1S/C17H20N4O2/c22-21(23)17-5-3-15(4-6-17)13-19-8-10-20(11-9-19)14-16-2-1-7-18-12-16/h1-7,12H,8-11,13-14H2/p+3. The lowest BCUT2D eigenvalue weighted by molar-refractivity contribution is -1.02. The minimum absolute atomic E-state index is 0.165. The van der Waals surface area contributed by atoms with Gasteiger partial charge in [0.1, 0.15) is 39.3 Å². The van der Waals surface area contributed by atoms with Gasteiger partial charge in [-0.2, -0.15) is 0 Å². The number of nitrogens with zero attached hydrogens (tertiary/aromatic N) is 1. The Morgan fingerprint density at radius 3 is 2.09 bits per heavy atom. The SMILES string of the molecule is O=[N+]([O-])c1ccc(C[NH+]2CC[NH+](Cc3ccc[nH+]c3)CC2)cc1. The molecule has 1 aliphatic heterocycles. The first-order valence-corrected chi connectivity index (χ1v) is 8.06. The van der Waals surface area contributed by atoms with Gasteiger partial charge in [-0.15, -0.1) is 0 Å². The zero-order chi connectivity index (χ0) is 16.1. The van der Waals surface area contributed by atoms with Crippen LogP contribution in [0.4, 0.5) is 5.69 Å². The van der Waals surface area contributed by atoms with Crippen molar-refractivity contribution in [3.05, 3.63) is 70.0 Å². The van der Waals surface area contributed by atoms with Crippen LogP contribution in [-0.4, -0.2) is 31.1 Å². The van der Waals surface area contributed by atoms with Crippen LogP contribution in [-0.2, 0) is 13.1 Å². The molecule has 0 radical (unpaired) electrons. The molecule has 1 saturated heterocycles. The highest BCUT2D eigenvalue weighted by Gasteiger charge is 2.23. The van der Waals surface area contributed by atoms with E-state index in [0.29, 0.717) is 0 Å². The maximum Gasteiger partial charge on any atom is 0.269 e. The van der Waals surface area contributed by atoms with E-state index in [1.165, 1.54) is 11.1 Å². The smallest absolute Gasteiger partial charge is 0.269 e. The minimum atomic E-state index is -0.347. The molecule has 6 heteroatoms. The van der Waals surface area contributed by atoms with Gasteiger partial charge >= 0.3 is 0 Å². The summed E-state index contributed by atoms with van der Waals surface area (Å²) < 4.78 is 0. The van der Waals surface area contributed by atoms with Gasteiger partial charge < -0.3 is 9.80 Å². The third kappa shape index (κ3) is 4.34. The van der Waals surface area contributed by atoms with E-state index in [1.807, 2.05) is 24.4 Å². The normalized spacial score (nSPS) is 21.0. The molecule has 0 atom stereocenters. The number of piperazine rings is 1. The van der Waals surface area contributed by atoms with Crippen LogP contribution in [0.5, 0.6) is 0 Å². The number of quaternary nitrogens is 2. The molecular weight excluding hydrogens is 292 g/mol. The van der Waals surface area contributed by atoms with Crippen molar-refractivity contribution in [2.45, 2.75) is 13.1 Å². The zero-order valence-electron chi connectivity index (χ0n) is 13.1. The van der Waals surface area contributed by atoms with Crippen LogP contribution in [0, 0.1) is 10.1 Å². The third-order valence-corrected chi connectivity index (χ3v) is 4.49. The van der Waals surface area contributed by atoms with Gasteiger partial charge in [-0.05, 0) is 18.2 Å². The number of H-pyrrole nitrogens is 1. The summed E-state index contributed by atoms with van der Waals surface area (Å²) >= 11 is 0. The van der Waals surface area contributed by atoms with E-state index in [-0.39, 0.29) is 10.6 Å². The van der Waals surface area contributed by atoms with Crippen molar-refractivity contribution in [1.82, 2.24) is 0 Å². The lowest BCUT2D eigenvalue weighted by atomic mass is 10.1. The Labute approximate surface area is 135 Å². The largest absolute Gasteiger partial charge is 0.322 e. The van der Waals surface area contributed by atoms with E-state index in [1.54, 1.807) is 21.9 Å². The number of hydrogen-bond donors (Lipinski definition) is 2. The average molecular weight is 315 g/mol. The van der Waals surface area contributed by atoms with E-state index in [9.17, 15) is 10.1 Å². The van der Waals surface area contributed by atoms with Crippen molar-refractivity contribution in [3.8, 4) is 0 Å². The number of non-ortho nitro benzene ring substituents is 1. The van der Waals surface area contributed by atoms with Crippen LogP contribution in [0.25, 0.3) is 0 Å². The molecule has 6 nitrogen and oxygen atoms in total. The Hall–Kier alpha value is -2.31. The number of rotatable bonds is 5. The maximum absolute atomic E-state index is 10.7. The van der Waals surface area contributed by atoms with Crippen LogP contribution >= 0.6 is 0 Å². The first kappa shape index (κ1) is 15.6. The van der Waals surface area contributed by atoms with Crippen molar-refractivity contribution in [1.29, 1.82) is 0 Å². The lowest BCUT2D eigenvalue weighted by Gasteiger charge is -2.29. The Morgan fingerprint density at radius 2 is 1.57 bits per heavy atom. The van der Waals surface area contributed by atoms with E-state index < -0.39 is 0 Å². The quantitative estimate of drug-likeness (QED) is 0.543. The predicted molar refractivity (Wildman–Crippen MR) is 84.9 cm³/mol. The lowest BCUT2D eigenvalue weighted by Crippen LogP contribution is -3.27. The maximum atomic E-state index is 10.7. The number of hydrogen-bond acceptors (Lipinski definition) is 2. The number of nitro groups is 1. The third-order valence-electron chi connectivity index (χ3n) is 4.49. The molecule has 120 valence electrons. The Balaban J connectivity index is 1.48. The summed E-state index contributed by atoms with van der Waals surface area (Å²) in [7, 11) is 0. The number of nitro benzene ring substituents is 1. The molecule has 0 unspecified atom stereocenters. The summed E-state index contributed by atoms with van der Waals surface area (Å²) in [5.41, 5.74) is 2.69. The van der Waals surface area contributed by atoms with Crippen molar-refractivity contribution in [2.75, 3.05) is 26.2 Å². The molecule has 0 saturated carbocycles. The Morgan fingerprint density at radius 1 is 0.957 bits per heavy atom. The first-order chi connectivity index (χ1) is 11.2. The van der Waals surface area contributed by atoms with E-state index in [4.69, 9.17) is 0 Å². The van der Waals surface area contributed by atoms with Gasteiger partial charge in [0.25, 0.3) is 5.69 Å². The van der Waals surface area contributed by atoms with Crippen LogP contribution in [0.1, 0.15) is 11.1 Å². The summed E-state index contributed by atoms with van der Waals surface area (Å²) in [4.78, 5) is 16.7. The monoisotopic (exact) mass is 315 g/mol. The van der Waals surface area contributed by atoms with Crippen LogP contribution in [0.15, 0.2) is 48.8 Å². The van der Waals surface area contributed by atoms with Crippen molar-refractivity contribution < 1.29 is 19.7 Å². The summed E-state index contributed by atoms with van der Waals surface area (Å²) in [6.45, 7) is 6.63. The van der Waals surface area contributed by atoms with Gasteiger partial charge in [0.2, 0.25) is 0 Å². The molecule has 1 aromatic carbocycles. The summed E-state index contributed by atoms with van der Waals surface area (Å²) in [6.07, 6.45) is 4.01. The Bertz CT molecular complexity index is 637. The van der Waals surface area contributed by atoms with Crippen molar-refractivity contribution >= 4 is 5.69 Å². The summed E-state index contributed by atoms with van der Waals surface area (Å²) in [6, 6.07) is 11.2. The molecule has 0 spiro atoms. The molecule has 1 aliphatic rings. The molecule has 0 bridgehead atoms. The van der Waals surface area contributed by atoms with Gasteiger partial charge in [-0.1, -0.05) is 0 Å². The van der Waals surface area contributed by atoms with Crippen molar-refractivity contribution in [2.24, 2.45) is 0 Å². The molecule has 2 aromatic rings. The fraction of sp³-hybridized carbons (Fsp3) is 0.353. The minimum Gasteiger partial charge on any atom is -0.322 e.